The number of aryl methyl sites for hydroxylation is 1. The van der Waals surface area contributed by atoms with Crippen molar-refractivity contribution in [2.45, 2.75) is 25.8 Å². The first-order chi connectivity index (χ1) is 12.6. The van der Waals surface area contributed by atoms with E-state index in [4.69, 9.17) is 16.0 Å². The van der Waals surface area contributed by atoms with Gasteiger partial charge in [-0.05, 0) is 36.8 Å². The van der Waals surface area contributed by atoms with Crippen LogP contribution in [0.2, 0.25) is 5.02 Å². The summed E-state index contributed by atoms with van der Waals surface area (Å²) in [6.45, 7) is 1.91. The van der Waals surface area contributed by atoms with Gasteiger partial charge in [0.15, 0.2) is 0 Å². The Morgan fingerprint density at radius 1 is 1.35 bits per heavy atom. The van der Waals surface area contributed by atoms with Crippen molar-refractivity contribution in [1.29, 1.82) is 0 Å². The van der Waals surface area contributed by atoms with E-state index in [2.05, 4.69) is 10.1 Å². The number of thiazole rings is 1. The maximum Gasteiger partial charge on any atom is 0.248 e. The van der Waals surface area contributed by atoms with Gasteiger partial charge in [0.25, 0.3) is 0 Å². The van der Waals surface area contributed by atoms with Crippen molar-refractivity contribution in [1.82, 2.24) is 9.99 Å². The van der Waals surface area contributed by atoms with E-state index in [1.807, 2.05) is 43.3 Å². The van der Waals surface area contributed by atoms with Crippen LogP contribution in [0.4, 0.5) is 0 Å². The third-order valence-corrected chi connectivity index (χ3v) is 5.56. The Kier molecular flexibility index (Phi) is 4.61. The average Bonchev–Trinajstić information content (AvgIpc) is 3.36. The summed E-state index contributed by atoms with van der Waals surface area (Å²) >= 11 is 7.47. The molecule has 0 unspecified atom stereocenters. The second-order valence-corrected chi connectivity index (χ2v) is 7.44. The predicted octanol–water partition coefficient (Wildman–Crippen LogP) is 4.62. The number of aromatic nitrogens is 1. The van der Waals surface area contributed by atoms with Crippen molar-refractivity contribution in [3.63, 3.8) is 0 Å². The van der Waals surface area contributed by atoms with Crippen LogP contribution in [0, 0.1) is 6.92 Å². The van der Waals surface area contributed by atoms with Crippen molar-refractivity contribution >= 4 is 34.6 Å². The van der Waals surface area contributed by atoms with Crippen LogP contribution in [-0.2, 0) is 11.2 Å². The van der Waals surface area contributed by atoms with Gasteiger partial charge in [0.05, 0.1) is 29.6 Å². The number of amides is 1. The molecule has 3 aromatic rings. The normalized spacial score (nSPS) is 16.8. The molecule has 1 amide bonds. The van der Waals surface area contributed by atoms with Gasteiger partial charge in [-0.1, -0.05) is 23.7 Å². The van der Waals surface area contributed by atoms with Crippen LogP contribution in [0.3, 0.4) is 0 Å². The largest absolute Gasteiger partial charge is 0.467 e. The van der Waals surface area contributed by atoms with E-state index in [0.717, 1.165) is 27.6 Å². The molecule has 0 spiro atoms. The smallest absolute Gasteiger partial charge is 0.248 e. The fraction of sp³-hybridized carbons (Fsp3) is 0.211. The third kappa shape index (κ3) is 3.30. The molecule has 5 nitrogen and oxygen atoms in total. The molecule has 0 N–H and O–H groups in total. The molecule has 0 aliphatic carbocycles. The number of carbonyl (C=O) groups is 1. The number of rotatable bonds is 4. The Balaban J connectivity index is 1.64. The SMILES string of the molecule is Cc1ncsc1CC(=O)N1N=C(c2ccc(Cl)cc2)C[C@H]1c1ccco1. The Morgan fingerprint density at radius 3 is 2.81 bits per heavy atom. The van der Waals surface area contributed by atoms with Gasteiger partial charge < -0.3 is 4.42 Å². The van der Waals surface area contributed by atoms with Crippen LogP contribution in [0.5, 0.6) is 0 Å². The molecule has 0 bridgehead atoms. The number of nitrogens with zero attached hydrogens (tertiary/aromatic N) is 3. The first-order valence-electron chi connectivity index (χ1n) is 8.19. The first-order valence-corrected chi connectivity index (χ1v) is 9.45. The van der Waals surface area contributed by atoms with E-state index in [1.165, 1.54) is 11.3 Å². The van der Waals surface area contributed by atoms with Crippen LogP contribution in [0.1, 0.15) is 34.4 Å². The summed E-state index contributed by atoms with van der Waals surface area (Å²) in [6.07, 6.45) is 2.50. The lowest BCUT2D eigenvalue weighted by molar-refractivity contribution is -0.132. The molecule has 132 valence electrons. The topological polar surface area (TPSA) is 58.7 Å². The lowest BCUT2D eigenvalue weighted by Crippen LogP contribution is -2.28. The van der Waals surface area contributed by atoms with E-state index in [0.29, 0.717) is 11.4 Å². The lowest BCUT2D eigenvalue weighted by Gasteiger charge is -2.19. The minimum atomic E-state index is -0.239. The zero-order chi connectivity index (χ0) is 18.1. The van der Waals surface area contributed by atoms with Gasteiger partial charge in [-0.15, -0.1) is 11.3 Å². The molecule has 0 radical (unpaired) electrons. The molecule has 26 heavy (non-hydrogen) atoms. The van der Waals surface area contributed by atoms with Crippen molar-refractivity contribution in [3.05, 3.63) is 75.1 Å². The molecule has 1 aliphatic heterocycles. The van der Waals surface area contributed by atoms with Gasteiger partial charge >= 0.3 is 0 Å². The second kappa shape index (κ2) is 7.05. The van der Waals surface area contributed by atoms with Crippen LogP contribution in [0.25, 0.3) is 0 Å². The summed E-state index contributed by atoms with van der Waals surface area (Å²) in [5.74, 6) is 0.662. The molecule has 1 aromatic carbocycles. The molecule has 3 heterocycles. The van der Waals surface area contributed by atoms with Crippen LogP contribution < -0.4 is 0 Å². The van der Waals surface area contributed by atoms with Gasteiger partial charge in [-0.2, -0.15) is 5.10 Å². The number of hydrazone groups is 1. The molecule has 0 saturated heterocycles. The summed E-state index contributed by atoms with van der Waals surface area (Å²) < 4.78 is 5.56. The standard InChI is InChI=1S/C19H16ClN3O2S/c1-12-18(26-11-21-12)10-19(24)23-16(17-3-2-8-25-17)9-15(22-23)13-4-6-14(20)7-5-13/h2-8,11,16H,9-10H2,1H3/t16-/m0/s1. The fourth-order valence-corrected chi connectivity index (χ4v) is 3.87. The monoisotopic (exact) mass is 385 g/mol. The minimum absolute atomic E-state index is 0.0669. The maximum atomic E-state index is 12.9. The number of hydrogen-bond donors (Lipinski definition) is 0. The Bertz CT molecular complexity index is 948. The zero-order valence-corrected chi connectivity index (χ0v) is 15.6. The predicted molar refractivity (Wildman–Crippen MR) is 101 cm³/mol. The molecule has 2 aromatic heterocycles. The molecule has 1 aliphatic rings. The summed E-state index contributed by atoms with van der Waals surface area (Å²) in [4.78, 5) is 18.1. The van der Waals surface area contributed by atoms with Gasteiger partial charge in [0, 0.05) is 16.3 Å². The number of benzene rings is 1. The number of furan rings is 1. The number of halogens is 1. The molecule has 1 atom stereocenters. The van der Waals surface area contributed by atoms with Crippen LogP contribution in [-0.4, -0.2) is 21.6 Å². The highest BCUT2D eigenvalue weighted by Crippen LogP contribution is 2.34. The molecule has 0 fully saturated rings. The highest BCUT2D eigenvalue weighted by molar-refractivity contribution is 7.09. The van der Waals surface area contributed by atoms with Gasteiger partial charge in [0.1, 0.15) is 11.8 Å². The van der Waals surface area contributed by atoms with E-state index in [1.54, 1.807) is 16.8 Å². The third-order valence-electron chi connectivity index (χ3n) is 4.37. The highest BCUT2D eigenvalue weighted by Gasteiger charge is 2.35. The Hall–Kier alpha value is -2.44. The molecule has 0 saturated carbocycles. The van der Waals surface area contributed by atoms with Crippen LogP contribution >= 0.6 is 22.9 Å². The molecular weight excluding hydrogens is 370 g/mol. The quantitative estimate of drug-likeness (QED) is 0.658. The first kappa shape index (κ1) is 17.0. The van der Waals surface area contributed by atoms with Crippen LogP contribution in [0.15, 0.2) is 57.7 Å². The van der Waals surface area contributed by atoms with E-state index in [-0.39, 0.29) is 18.4 Å². The summed E-state index contributed by atoms with van der Waals surface area (Å²) in [6, 6.07) is 11.0. The van der Waals surface area contributed by atoms with Gasteiger partial charge in [-0.3, -0.25) is 4.79 Å². The molecule has 4 rings (SSSR count). The number of carbonyl (C=O) groups excluding carboxylic acids is 1. The average molecular weight is 386 g/mol. The minimum Gasteiger partial charge on any atom is -0.467 e. The number of hydrogen-bond acceptors (Lipinski definition) is 5. The fourth-order valence-electron chi connectivity index (χ4n) is 2.97. The molecule has 7 heteroatoms. The van der Waals surface area contributed by atoms with E-state index >= 15 is 0 Å². The Labute approximate surface area is 159 Å². The summed E-state index contributed by atoms with van der Waals surface area (Å²) in [5.41, 5.74) is 4.45. The summed E-state index contributed by atoms with van der Waals surface area (Å²) in [7, 11) is 0. The Morgan fingerprint density at radius 2 is 2.15 bits per heavy atom. The maximum absolute atomic E-state index is 12.9. The highest BCUT2D eigenvalue weighted by atomic mass is 35.5. The lowest BCUT2D eigenvalue weighted by atomic mass is 10.0. The van der Waals surface area contributed by atoms with Gasteiger partial charge in [0.2, 0.25) is 5.91 Å². The van der Waals surface area contributed by atoms with E-state index < -0.39 is 0 Å². The van der Waals surface area contributed by atoms with Crippen molar-refractivity contribution in [2.75, 3.05) is 0 Å². The van der Waals surface area contributed by atoms with Crippen molar-refractivity contribution in [3.8, 4) is 0 Å². The molecular formula is C19H16ClN3O2S. The van der Waals surface area contributed by atoms with Crippen molar-refractivity contribution in [2.24, 2.45) is 5.10 Å². The zero-order valence-electron chi connectivity index (χ0n) is 14.1. The van der Waals surface area contributed by atoms with E-state index in [9.17, 15) is 4.79 Å². The summed E-state index contributed by atoms with van der Waals surface area (Å²) in [5, 5.41) is 6.83. The van der Waals surface area contributed by atoms with Gasteiger partial charge in [-0.25, -0.2) is 9.99 Å². The van der Waals surface area contributed by atoms with Crippen molar-refractivity contribution < 1.29 is 9.21 Å². The second-order valence-electron chi connectivity index (χ2n) is 6.06.